The van der Waals surface area contributed by atoms with Gasteiger partial charge in [0, 0.05) is 10.8 Å². The molecule has 0 saturated carbocycles. The minimum atomic E-state index is 0.106. The predicted molar refractivity (Wildman–Crippen MR) is 79.5 cm³/mol. The maximum Gasteiger partial charge on any atom is 0.122 e. The van der Waals surface area contributed by atoms with Crippen LogP contribution in [-0.2, 0) is 0 Å². The fourth-order valence-corrected chi connectivity index (χ4v) is 4.09. The molecule has 1 aliphatic rings. The normalized spacial score (nSPS) is 25.2. The van der Waals surface area contributed by atoms with Crippen molar-refractivity contribution in [3.05, 3.63) is 28.8 Å². The van der Waals surface area contributed by atoms with Crippen molar-refractivity contribution in [2.24, 2.45) is 5.73 Å². The summed E-state index contributed by atoms with van der Waals surface area (Å²) in [6, 6.07) is 4.41. The van der Waals surface area contributed by atoms with E-state index in [0.717, 1.165) is 5.75 Å². The van der Waals surface area contributed by atoms with Crippen molar-refractivity contribution in [3.8, 4) is 5.75 Å². The van der Waals surface area contributed by atoms with Gasteiger partial charge in [0.15, 0.2) is 0 Å². The molecule has 2 unspecified atom stereocenters. The number of hydrogen-bond donors (Lipinski definition) is 1. The van der Waals surface area contributed by atoms with E-state index in [2.05, 4.69) is 32.9 Å². The van der Waals surface area contributed by atoms with Crippen LogP contribution in [0.25, 0.3) is 0 Å². The number of aryl methyl sites for hydroxylation is 2. The molecule has 0 aliphatic carbocycles. The van der Waals surface area contributed by atoms with Crippen molar-refractivity contribution in [3.63, 3.8) is 0 Å². The van der Waals surface area contributed by atoms with Crippen molar-refractivity contribution < 1.29 is 4.74 Å². The summed E-state index contributed by atoms with van der Waals surface area (Å²) in [6.07, 6.45) is 2.49. The number of thioether (sulfide) groups is 1. The van der Waals surface area contributed by atoms with Crippen LogP contribution < -0.4 is 10.5 Å². The van der Waals surface area contributed by atoms with Gasteiger partial charge in [-0.3, -0.25) is 0 Å². The third-order valence-electron chi connectivity index (χ3n) is 4.03. The summed E-state index contributed by atoms with van der Waals surface area (Å²) < 4.78 is 5.55. The van der Waals surface area contributed by atoms with Crippen molar-refractivity contribution >= 4 is 11.8 Å². The summed E-state index contributed by atoms with van der Waals surface area (Å²) in [5.41, 5.74) is 10.2. The molecule has 1 aromatic rings. The van der Waals surface area contributed by atoms with E-state index in [4.69, 9.17) is 10.5 Å². The van der Waals surface area contributed by atoms with Crippen LogP contribution in [0.15, 0.2) is 12.1 Å². The van der Waals surface area contributed by atoms with E-state index in [1.54, 1.807) is 7.11 Å². The van der Waals surface area contributed by atoms with E-state index < -0.39 is 0 Å². The lowest BCUT2D eigenvalue weighted by atomic mass is 9.88. The summed E-state index contributed by atoms with van der Waals surface area (Å²) in [4.78, 5) is 0. The van der Waals surface area contributed by atoms with Crippen LogP contribution in [-0.4, -0.2) is 17.6 Å². The second-order valence-corrected chi connectivity index (χ2v) is 7.05. The third kappa shape index (κ3) is 2.39. The van der Waals surface area contributed by atoms with Crippen molar-refractivity contribution in [2.45, 2.75) is 44.4 Å². The zero-order valence-electron chi connectivity index (χ0n) is 11.7. The highest BCUT2D eigenvalue weighted by Gasteiger charge is 2.37. The van der Waals surface area contributed by atoms with Crippen LogP contribution in [0.4, 0.5) is 0 Å². The molecule has 18 heavy (non-hydrogen) atoms. The maximum atomic E-state index is 6.53. The molecule has 100 valence electrons. The molecule has 1 fully saturated rings. The Kier molecular flexibility index (Phi) is 3.93. The zero-order valence-corrected chi connectivity index (χ0v) is 12.6. The molecule has 1 saturated heterocycles. The smallest absolute Gasteiger partial charge is 0.122 e. The number of rotatable bonds is 3. The van der Waals surface area contributed by atoms with Gasteiger partial charge in [-0.15, -0.1) is 0 Å². The molecule has 1 aromatic carbocycles. The molecule has 0 radical (unpaired) electrons. The van der Waals surface area contributed by atoms with Gasteiger partial charge in [0.05, 0.1) is 7.11 Å². The van der Waals surface area contributed by atoms with Gasteiger partial charge in [0.25, 0.3) is 0 Å². The Hall–Kier alpha value is -0.670. The van der Waals surface area contributed by atoms with Crippen LogP contribution in [0, 0.1) is 13.8 Å². The summed E-state index contributed by atoms with van der Waals surface area (Å²) in [5.74, 6) is 2.19. The fourth-order valence-electron chi connectivity index (χ4n) is 2.74. The lowest BCUT2D eigenvalue weighted by molar-refractivity contribution is 0.410. The lowest BCUT2D eigenvalue weighted by Crippen LogP contribution is -2.33. The SMILES string of the molecule is COc1cc(C)c(C(N)C2(C)CCCS2)cc1C. The molecular formula is C15H23NOS. The third-order valence-corrected chi connectivity index (χ3v) is 5.64. The number of nitrogens with two attached hydrogens (primary N) is 1. The molecule has 1 aliphatic heterocycles. The van der Waals surface area contributed by atoms with Crippen molar-refractivity contribution in [1.29, 1.82) is 0 Å². The van der Waals surface area contributed by atoms with E-state index in [9.17, 15) is 0 Å². The minimum Gasteiger partial charge on any atom is -0.496 e. The Morgan fingerprint density at radius 3 is 2.61 bits per heavy atom. The van der Waals surface area contributed by atoms with E-state index >= 15 is 0 Å². The average molecular weight is 265 g/mol. The first-order valence-electron chi connectivity index (χ1n) is 6.52. The number of benzene rings is 1. The average Bonchev–Trinajstić information content (AvgIpc) is 2.79. The van der Waals surface area contributed by atoms with E-state index in [1.807, 2.05) is 11.8 Å². The van der Waals surface area contributed by atoms with Crippen LogP contribution >= 0.6 is 11.8 Å². The molecule has 2 rings (SSSR count). The maximum absolute atomic E-state index is 6.53. The van der Waals surface area contributed by atoms with Gasteiger partial charge in [-0.25, -0.2) is 0 Å². The Morgan fingerprint density at radius 2 is 2.06 bits per heavy atom. The second kappa shape index (κ2) is 5.14. The van der Waals surface area contributed by atoms with Gasteiger partial charge in [0.1, 0.15) is 5.75 Å². The molecule has 0 aromatic heterocycles. The monoisotopic (exact) mass is 265 g/mol. The standard InChI is InChI=1S/C15H23NOS/c1-10-9-13(17-4)11(2)8-12(10)14(16)15(3)6-5-7-18-15/h8-9,14H,5-7,16H2,1-4H3. The summed E-state index contributed by atoms with van der Waals surface area (Å²) in [5, 5.41) is 0. The molecule has 0 amide bonds. The first-order chi connectivity index (χ1) is 8.48. The molecular weight excluding hydrogens is 242 g/mol. The van der Waals surface area contributed by atoms with E-state index in [0.29, 0.717) is 0 Å². The largest absolute Gasteiger partial charge is 0.496 e. The van der Waals surface area contributed by atoms with Gasteiger partial charge >= 0.3 is 0 Å². The molecule has 2 nitrogen and oxygen atoms in total. The summed E-state index contributed by atoms with van der Waals surface area (Å²) in [7, 11) is 1.72. The Morgan fingerprint density at radius 1 is 1.33 bits per heavy atom. The molecule has 2 N–H and O–H groups in total. The van der Waals surface area contributed by atoms with Gasteiger partial charge in [-0.05, 0) is 62.1 Å². The number of methoxy groups -OCH3 is 1. The van der Waals surface area contributed by atoms with Gasteiger partial charge in [0.2, 0.25) is 0 Å². The van der Waals surface area contributed by atoms with Crippen LogP contribution in [0.3, 0.4) is 0 Å². The lowest BCUT2D eigenvalue weighted by Gasteiger charge is -2.32. The fraction of sp³-hybridized carbons (Fsp3) is 0.600. The van der Waals surface area contributed by atoms with Gasteiger partial charge in [-0.2, -0.15) is 11.8 Å². The molecule has 0 bridgehead atoms. The zero-order chi connectivity index (χ0) is 13.3. The Balaban J connectivity index is 2.36. The van der Waals surface area contributed by atoms with Gasteiger partial charge in [-0.1, -0.05) is 6.07 Å². The number of ether oxygens (including phenoxy) is 1. The van der Waals surface area contributed by atoms with Crippen LogP contribution in [0.5, 0.6) is 5.75 Å². The second-order valence-electron chi connectivity index (χ2n) is 5.42. The van der Waals surface area contributed by atoms with Crippen molar-refractivity contribution in [1.82, 2.24) is 0 Å². The first-order valence-corrected chi connectivity index (χ1v) is 7.51. The van der Waals surface area contributed by atoms with Crippen molar-refractivity contribution in [2.75, 3.05) is 12.9 Å². The quantitative estimate of drug-likeness (QED) is 0.907. The predicted octanol–water partition coefficient (Wildman–Crippen LogP) is 3.60. The van der Waals surface area contributed by atoms with Crippen LogP contribution in [0.2, 0.25) is 0 Å². The highest BCUT2D eigenvalue weighted by atomic mass is 32.2. The Bertz CT molecular complexity index is 438. The summed E-state index contributed by atoms with van der Waals surface area (Å²) in [6.45, 7) is 6.51. The first kappa shape index (κ1) is 13.8. The topological polar surface area (TPSA) is 35.2 Å². The Labute approximate surface area is 114 Å². The molecule has 3 heteroatoms. The van der Waals surface area contributed by atoms with E-state index in [1.165, 1.54) is 35.3 Å². The van der Waals surface area contributed by atoms with E-state index in [-0.39, 0.29) is 10.8 Å². The molecule has 0 spiro atoms. The number of hydrogen-bond acceptors (Lipinski definition) is 3. The molecule has 1 heterocycles. The van der Waals surface area contributed by atoms with Crippen LogP contribution in [0.1, 0.15) is 42.5 Å². The summed E-state index contributed by atoms with van der Waals surface area (Å²) >= 11 is 2.02. The highest BCUT2D eigenvalue weighted by molar-refractivity contribution is 8.00. The minimum absolute atomic E-state index is 0.106. The highest BCUT2D eigenvalue weighted by Crippen LogP contribution is 2.46. The van der Waals surface area contributed by atoms with Gasteiger partial charge < -0.3 is 10.5 Å². The molecule has 2 atom stereocenters.